The van der Waals surface area contributed by atoms with Gasteiger partial charge in [0.2, 0.25) is 0 Å². The number of nitrogens with one attached hydrogen (secondary N) is 1. The fourth-order valence-corrected chi connectivity index (χ4v) is 0.913. The molecule has 0 saturated heterocycles. The van der Waals surface area contributed by atoms with E-state index < -0.39 is 12.8 Å². The van der Waals surface area contributed by atoms with Crippen LogP contribution >= 0.6 is 0 Å². The second kappa shape index (κ2) is 5.44. The van der Waals surface area contributed by atoms with Crippen LogP contribution in [0.5, 0.6) is 0 Å². The van der Waals surface area contributed by atoms with Crippen LogP contribution in [0.1, 0.15) is 11.3 Å². The van der Waals surface area contributed by atoms with E-state index in [1.807, 2.05) is 6.07 Å². The molecular formula is C9H8F3N3O. The minimum Gasteiger partial charge on any atom is -0.292 e. The van der Waals surface area contributed by atoms with Crippen LogP contribution in [0.25, 0.3) is 0 Å². The lowest BCUT2D eigenvalue weighted by molar-refractivity contribution is -0.190. The van der Waals surface area contributed by atoms with Gasteiger partial charge in [0.15, 0.2) is 6.61 Å². The molecule has 0 radical (unpaired) electrons. The molecule has 1 N–H and O–H groups in total. The molecule has 0 saturated carbocycles. The van der Waals surface area contributed by atoms with Gasteiger partial charge in [0.05, 0.1) is 0 Å². The Morgan fingerprint density at radius 1 is 1.50 bits per heavy atom. The average molecular weight is 231 g/mol. The van der Waals surface area contributed by atoms with E-state index >= 15 is 0 Å². The second-order valence-corrected chi connectivity index (χ2v) is 2.89. The molecule has 1 aromatic rings. The quantitative estimate of drug-likeness (QED) is 0.630. The zero-order valence-electron chi connectivity index (χ0n) is 8.08. The van der Waals surface area contributed by atoms with E-state index in [1.54, 1.807) is 6.07 Å². The Bertz CT molecular complexity index is 386. The highest BCUT2D eigenvalue weighted by Crippen LogP contribution is 2.13. The molecule has 4 nitrogen and oxygen atoms in total. The minimum atomic E-state index is -4.36. The van der Waals surface area contributed by atoms with Crippen LogP contribution in [0.3, 0.4) is 0 Å². The van der Waals surface area contributed by atoms with Crippen molar-refractivity contribution in [2.45, 2.75) is 12.7 Å². The summed E-state index contributed by atoms with van der Waals surface area (Å²) in [6.45, 7) is -1.28. The molecule has 1 aromatic heterocycles. The van der Waals surface area contributed by atoms with E-state index in [0.717, 1.165) is 0 Å². The fourth-order valence-electron chi connectivity index (χ4n) is 0.913. The number of hydroxylamine groups is 1. The number of alkyl halides is 3. The van der Waals surface area contributed by atoms with Crippen LogP contribution in [0.4, 0.5) is 13.2 Å². The second-order valence-electron chi connectivity index (χ2n) is 2.89. The molecule has 0 amide bonds. The highest BCUT2D eigenvalue weighted by molar-refractivity contribution is 5.25. The first-order chi connectivity index (χ1) is 7.51. The van der Waals surface area contributed by atoms with Crippen molar-refractivity contribution in [3.05, 3.63) is 29.6 Å². The standard InChI is InChI=1S/C9H8F3N3O/c10-9(11,12)6-16-15-5-7-1-2-14-8(3-7)4-13/h1-3,15H,5-6H2. The van der Waals surface area contributed by atoms with Crippen LogP contribution < -0.4 is 5.48 Å². The summed E-state index contributed by atoms with van der Waals surface area (Å²) in [6, 6.07) is 4.86. The summed E-state index contributed by atoms with van der Waals surface area (Å²) in [7, 11) is 0. The molecule has 0 aliphatic rings. The summed E-state index contributed by atoms with van der Waals surface area (Å²) in [5.41, 5.74) is 2.98. The predicted octanol–water partition coefficient (Wildman–Crippen LogP) is 1.54. The van der Waals surface area contributed by atoms with Crippen molar-refractivity contribution in [2.24, 2.45) is 0 Å². The highest BCUT2D eigenvalue weighted by Gasteiger charge is 2.27. The zero-order chi connectivity index (χ0) is 12.0. The van der Waals surface area contributed by atoms with Crippen molar-refractivity contribution in [1.82, 2.24) is 10.5 Å². The third-order valence-electron chi connectivity index (χ3n) is 1.55. The Morgan fingerprint density at radius 2 is 2.25 bits per heavy atom. The predicted molar refractivity (Wildman–Crippen MR) is 47.8 cm³/mol. The topological polar surface area (TPSA) is 57.9 Å². The summed E-state index contributed by atoms with van der Waals surface area (Å²) >= 11 is 0. The van der Waals surface area contributed by atoms with Crippen LogP contribution in [-0.2, 0) is 11.4 Å². The van der Waals surface area contributed by atoms with E-state index in [-0.39, 0.29) is 12.2 Å². The molecule has 0 aliphatic carbocycles. The summed E-state index contributed by atoms with van der Waals surface area (Å²) in [5.74, 6) is 0. The van der Waals surface area contributed by atoms with Gasteiger partial charge in [-0.1, -0.05) is 0 Å². The van der Waals surface area contributed by atoms with Gasteiger partial charge < -0.3 is 0 Å². The number of nitriles is 1. The molecule has 0 atom stereocenters. The summed E-state index contributed by atoms with van der Waals surface area (Å²) < 4.78 is 35.0. The van der Waals surface area contributed by atoms with E-state index in [4.69, 9.17) is 5.26 Å². The monoisotopic (exact) mass is 231 g/mol. The maximum atomic E-state index is 11.7. The molecule has 0 aromatic carbocycles. The Hall–Kier alpha value is -1.65. The number of hydrogen-bond acceptors (Lipinski definition) is 4. The van der Waals surface area contributed by atoms with Crippen LogP contribution in [0.15, 0.2) is 18.3 Å². The van der Waals surface area contributed by atoms with Crippen molar-refractivity contribution in [3.63, 3.8) is 0 Å². The smallest absolute Gasteiger partial charge is 0.292 e. The number of pyridine rings is 1. The van der Waals surface area contributed by atoms with Gasteiger partial charge in [-0.3, -0.25) is 4.84 Å². The molecular weight excluding hydrogens is 223 g/mol. The van der Waals surface area contributed by atoms with Crippen LogP contribution in [-0.4, -0.2) is 17.8 Å². The van der Waals surface area contributed by atoms with Crippen molar-refractivity contribution in [1.29, 1.82) is 5.26 Å². The van der Waals surface area contributed by atoms with Crippen molar-refractivity contribution >= 4 is 0 Å². The summed E-state index contributed by atoms with van der Waals surface area (Å²) in [4.78, 5) is 7.91. The van der Waals surface area contributed by atoms with Gasteiger partial charge in [-0.15, -0.1) is 0 Å². The molecule has 0 unspecified atom stereocenters. The van der Waals surface area contributed by atoms with Crippen molar-refractivity contribution in [3.8, 4) is 6.07 Å². The Morgan fingerprint density at radius 3 is 2.88 bits per heavy atom. The van der Waals surface area contributed by atoms with Crippen molar-refractivity contribution in [2.75, 3.05) is 6.61 Å². The Kier molecular flexibility index (Phi) is 4.22. The number of hydrogen-bond donors (Lipinski definition) is 1. The lowest BCUT2D eigenvalue weighted by Crippen LogP contribution is -2.24. The number of aromatic nitrogens is 1. The molecule has 0 fully saturated rings. The summed E-state index contributed by atoms with van der Waals surface area (Å²) in [6.07, 6.45) is -2.96. The molecule has 16 heavy (non-hydrogen) atoms. The lowest BCUT2D eigenvalue weighted by Gasteiger charge is -2.08. The molecule has 0 aliphatic heterocycles. The number of rotatable bonds is 4. The van der Waals surface area contributed by atoms with E-state index in [9.17, 15) is 13.2 Å². The van der Waals surface area contributed by atoms with Gasteiger partial charge in [0.1, 0.15) is 11.8 Å². The highest BCUT2D eigenvalue weighted by atomic mass is 19.4. The molecule has 0 spiro atoms. The summed E-state index contributed by atoms with van der Waals surface area (Å²) in [5, 5.41) is 8.53. The Balaban J connectivity index is 2.35. The van der Waals surface area contributed by atoms with Gasteiger partial charge >= 0.3 is 6.18 Å². The largest absolute Gasteiger partial charge is 0.413 e. The first kappa shape index (κ1) is 12.4. The van der Waals surface area contributed by atoms with Gasteiger partial charge in [-0.25, -0.2) is 4.98 Å². The zero-order valence-corrected chi connectivity index (χ0v) is 8.08. The third kappa shape index (κ3) is 4.72. The minimum absolute atomic E-state index is 0.0767. The third-order valence-corrected chi connectivity index (χ3v) is 1.55. The maximum absolute atomic E-state index is 11.7. The van der Waals surface area contributed by atoms with Gasteiger partial charge in [-0.2, -0.15) is 23.9 Å². The van der Waals surface area contributed by atoms with Crippen molar-refractivity contribution < 1.29 is 18.0 Å². The van der Waals surface area contributed by atoms with E-state index in [0.29, 0.717) is 5.56 Å². The van der Waals surface area contributed by atoms with Gasteiger partial charge in [0, 0.05) is 12.7 Å². The SMILES string of the molecule is N#Cc1cc(CNOCC(F)(F)F)ccn1. The number of nitrogens with zero attached hydrogens (tertiary/aromatic N) is 2. The Labute approximate surface area is 89.6 Å². The molecule has 86 valence electrons. The van der Waals surface area contributed by atoms with E-state index in [1.165, 1.54) is 12.3 Å². The van der Waals surface area contributed by atoms with E-state index in [2.05, 4.69) is 15.3 Å². The maximum Gasteiger partial charge on any atom is 0.413 e. The molecule has 1 rings (SSSR count). The van der Waals surface area contributed by atoms with Crippen LogP contribution in [0, 0.1) is 11.3 Å². The molecule has 0 bridgehead atoms. The van der Waals surface area contributed by atoms with Gasteiger partial charge in [-0.05, 0) is 17.7 Å². The van der Waals surface area contributed by atoms with Gasteiger partial charge in [0.25, 0.3) is 0 Å². The molecule has 1 heterocycles. The first-order valence-electron chi connectivity index (χ1n) is 4.28. The normalized spacial score (nSPS) is 11.1. The lowest BCUT2D eigenvalue weighted by atomic mass is 10.2. The average Bonchev–Trinajstić information content (AvgIpc) is 2.23. The van der Waals surface area contributed by atoms with Crippen LogP contribution in [0.2, 0.25) is 0 Å². The fraction of sp³-hybridized carbons (Fsp3) is 0.333. The first-order valence-corrected chi connectivity index (χ1v) is 4.28. The number of halogens is 3. The molecule has 7 heteroatoms.